The van der Waals surface area contributed by atoms with Crippen molar-refractivity contribution in [1.82, 2.24) is 10.6 Å². The summed E-state index contributed by atoms with van der Waals surface area (Å²) in [6.45, 7) is 2.22. The number of rotatable bonds is 5. The van der Waals surface area contributed by atoms with Crippen LogP contribution >= 0.6 is 0 Å². The predicted molar refractivity (Wildman–Crippen MR) is 54.9 cm³/mol. The van der Waals surface area contributed by atoms with Gasteiger partial charge in [-0.3, -0.25) is 4.79 Å². The highest BCUT2D eigenvalue weighted by atomic mass is 16.3. The largest absolute Gasteiger partial charge is 0.395 e. The van der Waals surface area contributed by atoms with E-state index in [9.17, 15) is 4.79 Å². The highest BCUT2D eigenvalue weighted by molar-refractivity contribution is 5.78. The molecule has 1 atom stereocenters. The molecule has 0 heterocycles. The third-order valence-corrected chi connectivity index (χ3v) is 2.61. The maximum absolute atomic E-state index is 11.4. The van der Waals surface area contributed by atoms with E-state index < -0.39 is 0 Å². The van der Waals surface area contributed by atoms with Crippen molar-refractivity contribution < 1.29 is 9.90 Å². The Hall–Kier alpha value is -0.610. The summed E-state index contributed by atoms with van der Waals surface area (Å²) in [5.74, 6) is 0.0391. The quantitative estimate of drug-likeness (QED) is 0.586. The van der Waals surface area contributed by atoms with Crippen LogP contribution in [0.25, 0.3) is 0 Å². The molecule has 0 radical (unpaired) electrons. The van der Waals surface area contributed by atoms with E-state index >= 15 is 0 Å². The van der Waals surface area contributed by atoms with E-state index in [1.807, 2.05) is 6.92 Å². The van der Waals surface area contributed by atoms with Gasteiger partial charge in [-0.25, -0.2) is 0 Å². The number of carbonyl (C=O) groups is 1. The Labute approximate surface area is 85.1 Å². The number of amides is 1. The molecule has 1 aliphatic carbocycles. The van der Waals surface area contributed by atoms with Crippen LogP contribution in [0.3, 0.4) is 0 Å². The third kappa shape index (κ3) is 4.07. The first kappa shape index (κ1) is 11.5. The highest BCUT2D eigenvalue weighted by Gasteiger charge is 2.16. The average Bonchev–Trinajstić information content (AvgIpc) is 2.66. The summed E-state index contributed by atoms with van der Waals surface area (Å²) in [6, 6.07) is 0.373. The Kier molecular flexibility index (Phi) is 4.90. The molecule has 1 amide bonds. The number of hydrogen-bond acceptors (Lipinski definition) is 3. The molecule has 1 saturated carbocycles. The minimum Gasteiger partial charge on any atom is -0.395 e. The van der Waals surface area contributed by atoms with Gasteiger partial charge in [-0.05, 0) is 19.8 Å². The first-order valence-electron chi connectivity index (χ1n) is 5.36. The van der Waals surface area contributed by atoms with Crippen LogP contribution in [0.2, 0.25) is 0 Å². The first-order chi connectivity index (χ1) is 6.72. The molecule has 0 aromatic heterocycles. The Morgan fingerprint density at radius 3 is 2.71 bits per heavy atom. The molecule has 0 aromatic carbocycles. The minimum absolute atomic E-state index is 0.00988. The molecule has 0 aliphatic heterocycles. The van der Waals surface area contributed by atoms with Crippen molar-refractivity contribution in [3.8, 4) is 0 Å². The van der Waals surface area contributed by atoms with E-state index in [0.29, 0.717) is 12.6 Å². The first-order valence-corrected chi connectivity index (χ1v) is 5.36. The fraction of sp³-hybridized carbons (Fsp3) is 0.900. The van der Waals surface area contributed by atoms with E-state index in [1.165, 1.54) is 12.8 Å². The van der Waals surface area contributed by atoms with E-state index in [0.717, 1.165) is 12.8 Å². The molecule has 4 nitrogen and oxygen atoms in total. The van der Waals surface area contributed by atoms with Crippen molar-refractivity contribution in [2.45, 2.75) is 44.7 Å². The van der Waals surface area contributed by atoms with Crippen LogP contribution in [0, 0.1) is 0 Å². The van der Waals surface area contributed by atoms with E-state index in [-0.39, 0.29) is 18.6 Å². The fourth-order valence-electron chi connectivity index (χ4n) is 1.68. The summed E-state index contributed by atoms with van der Waals surface area (Å²) in [5, 5.41) is 14.7. The second-order valence-corrected chi connectivity index (χ2v) is 4.01. The second kappa shape index (κ2) is 5.98. The molecule has 0 bridgehead atoms. The molecular weight excluding hydrogens is 180 g/mol. The molecule has 14 heavy (non-hydrogen) atoms. The number of nitrogens with one attached hydrogen (secondary N) is 2. The van der Waals surface area contributed by atoms with Gasteiger partial charge in [0.25, 0.3) is 0 Å². The zero-order valence-electron chi connectivity index (χ0n) is 8.75. The Balaban J connectivity index is 2.09. The molecule has 4 heteroatoms. The normalized spacial score (nSPS) is 19.6. The molecule has 0 aromatic rings. The molecule has 1 unspecified atom stereocenters. The Morgan fingerprint density at radius 2 is 2.14 bits per heavy atom. The highest BCUT2D eigenvalue weighted by Crippen LogP contribution is 2.17. The van der Waals surface area contributed by atoms with Gasteiger partial charge in [-0.1, -0.05) is 12.8 Å². The van der Waals surface area contributed by atoms with Crippen LogP contribution in [-0.4, -0.2) is 36.2 Å². The van der Waals surface area contributed by atoms with E-state index in [2.05, 4.69) is 10.6 Å². The van der Waals surface area contributed by atoms with E-state index in [1.54, 1.807) is 0 Å². The lowest BCUT2D eigenvalue weighted by atomic mass is 10.2. The molecule has 1 aliphatic rings. The van der Waals surface area contributed by atoms with E-state index in [4.69, 9.17) is 5.11 Å². The standard InChI is InChI=1S/C10H20N2O2/c1-8(7-13)11-6-10(14)12-9-4-2-3-5-9/h8-9,11,13H,2-7H2,1H3,(H,12,14). The topological polar surface area (TPSA) is 61.4 Å². The van der Waals surface area contributed by atoms with Gasteiger partial charge in [-0.15, -0.1) is 0 Å². The van der Waals surface area contributed by atoms with Gasteiger partial charge in [0.1, 0.15) is 0 Å². The van der Waals surface area contributed by atoms with Crippen molar-refractivity contribution in [3.63, 3.8) is 0 Å². The third-order valence-electron chi connectivity index (χ3n) is 2.61. The van der Waals surface area contributed by atoms with Crippen molar-refractivity contribution in [2.24, 2.45) is 0 Å². The minimum atomic E-state index is -0.00988. The maximum atomic E-state index is 11.4. The van der Waals surface area contributed by atoms with Crippen molar-refractivity contribution in [3.05, 3.63) is 0 Å². The van der Waals surface area contributed by atoms with Crippen LogP contribution in [-0.2, 0) is 4.79 Å². The van der Waals surface area contributed by atoms with Gasteiger partial charge >= 0.3 is 0 Å². The lowest BCUT2D eigenvalue weighted by Gasteiger charge is -2.14. The molecule has 3 N–H and O–H groups in total. The summed E-state index contributed by atoms with van der Waals surface area (Å²) in [5.41, 5.74) is 0. The number of carbonyl (C=O) groups excluding carboxylic acids is 1. The average molecular weight is 200 g/mol. The SMILES string of the molecule is CC(CO)NCC(=O)NC1CCCC1. The van der Waals surface area contributed by atoms with Crippen LogP contribution in [0.15, 0.2) is 0 Å². The van der Waals surface area contributed by atoms with Crippen LogP contribution in [0.1, 0.15) is 32.6 Å². The van der Waals surface area contributed by atoms with Crippen molar-refractivity contribution in [2.75, 3.05) is 13.2 Å². The number of hydrogen-bond donors (Lipinski definition) is 3. The molecule has 1 rings (SSSR count). The maximum Gasteiger partial charge on any atom is 0.234 e. The molecule has 0 spiro atoms. The Bertz CT molecular complexity index is 179. The van der Waals surface area contributed by atoms with Gasteiger partial charge in [0, 0.05) is 12.1 Å². The molecule has 82 valence electrons. The van der Waals surface area contributed by atoms with Crippen molar-refractivity contribution in [1.29, 1.82) is 0 Å². The summed E-state index contributed by atoms with van der Waals surface area (Å²) in [7, 11) is 0. The number of aliphatic hydroxyl groups excluding tert-OH is 1. The molecule has 1 fully saturated rings. The number of aliphatic hydroxyl groups is 1. The van der Waals surface area contributed by atoms with Gasteiger partial charge in [-0.2, -0.15) is 0 Å². The van der Waals surface area contributed by atoms with Crippen LogP contribution in [0.5, 0.6) is 0 Å². The van der Waals surface area contributed by atoms with Gasteiger partial charge in [0.05, 0.1) is 13.2 Å². The second-order valence-electron chi connectivity index (χ2n) is 4.01. The van der Waals surface area contributed by atoms with Crippen LogP contribution in [0.4, 0.5) is 0 Å². The zero-order chi connectivity index (χ0) is 10.4. The lowest BCUT2D eigenvalue weighted by molar-refractivity contribution is -0.121. The van der Waals surface area contributed by atoms with Crippen molar-refractivity contribution >= 4 is 5.91 Å². The molecule has 0 saturated heterocycles. The Morgan fingerprint density at radius 1 is 1.50 bits per heavy atom. The zero-order valence-corrected chi connectivity index (χ0v) is 8.75. The lowest BCUT2D eigenvalue weighted by Crippen LogP contribution is -2.42. The van der Waals surface area contributed by atoms with Crippen LogP contribution < -0.4 is 10.6 Å². The van der Waals surface area contributed by atoms with Gasteiger partial charge < -0.3 is 15.7 Å². The summed E-state index contributed by atoms with van der Waals surface area (Å²) < 4.78 is 0. The summed E-state index contributed by atoms with van der Waals surface area (Å²) in [6.07, 6.45) is 4.68. The van der Waals surface area contributed by atoms with Gasteiger partial charge in [0.15, 0.2) is 0 Å². The fourth-order valence-corrected chi connectivity index (χ4v) is 1.68. The molecular formula is C10H20N2O2. The summed E-state index contributed by atoms with van der Waals surface area (Å²) in [4.78, 5) is 11.4. The predicted octanol–water partition coefficient (Wildman–Crippen LogP) is 0.0156. The smallest absolute Gasteiger partial charge is 0.234 e. The monoisotopic (exact) mass is 200 g/mol. The summed E-state index contributed by atoms with van der Waals surface area (Å²) >= 11 is 0. The van der Waals surface area contributed by atoms with Gasteiger partial charge in [0.2, 0.25) is 5.91 Å².